The molecule has 4 fully saturated rings. The first-order chi connectivity index (χ1) is 10.9. The normalized spacial score (nSPS) is 37.2. The molecular formula is C19H29BClNO2. The standard InChI is InChI=1S/C19H28BNO2.ClH/c1-18(2)14-11-15(18)19(3)16(12-14)22-20(23-19)17(21)10-9-13-7-5-4-6-8-13;/h4-8,14-17H,9-12,21H2,1-3H3;1H/t14-,15-,16-,17+,19-;/m0./s1. The molecule has 0 aromatic heterocycles. The molecule has 5 rings (SSSR count). The van der Waals surface area contributed by atoms with Crippen molar-refractivity contribution in [2.75, 3.05) is 0 Å². The van der Waals surface area contributed by atoms with Gasteiger partial charge in [-0.05, 0) is 55.4 Å². The lowest BCUT2D eigenvalue weighted by Gasteiger charge is -2.64. The van der Waals surface area contributed by atoms with Crippen LogP contribution >= 0.6 is 12.4 Å². The Hall–Kier alpha value is -0.545. The van der Waals surface area contributed by atoms with E-state index in [0.29, 0.717) is 11.3 Å². The molecule has 1 aliphatic heterocycles. The molecule has 0 unspecified atom stereocenters. The van der Waals surface area contributed by atoms with Gasteiger partial charge in [-0.25, -0.2) is 0 Å². The summed E-state index contributed by atoms with van der Waals surface area (Å²) in [6, 6.07) is 10.5. The van der Waals surface area contributed by atoms with Gasteiger partial charge >= 0.3 is 7.12 Å². The Labute approximate surface area is 152 Å². The SMILES string of the molecule is CC1(C)[C@@H]2C[C@@H]3OB([C@H](N)CCc4ccccc4)O[C@@]3(C)[C@H]1C2.Cl. The molecule has 0 spiro atoms. The van der Waals surface area contributed by atoms with Crippen molar-refractivity contribution in [1.29, 1.82) is 0 Å². The summed E-state index contributed by atoms with van der Waals surface area (Å²) in [6.45, 7) is 7.03. The van der Waals surface area contributed by atoms with E-state index in [4.69, 9.17) is 15.0 Å². The van der Waals surface area contributed by atoms with Crippen LogP contribution in [0.4, 0.5) is 0 Å². The molecule has 0 amide bonds. The van der Waals surface area contributed by atoms with Crippen LogP contribution in [0.5, 0.6) is 0 Å². The Morgan fingerprint density at radius 1 is 1.21 bits per heavy atom. The third-order valence-electron chi connectivity index (χ3n) is 6.93. The summed E-state index contributed by atoms with van der Waals surface area (Å²) >= 11 is 0. The molecule has 1 saturated heterocycles. The molecule has 3 nitrogen and oxygen atoms in total. The lowest BCUT2D eigenvalue weighted by molar-refractivity contribution is -0.199. The largest absolute Gasteiger partial charge is 0.475 e. The summed E-state index contributed by atoms with van der Waals surface area (Å²) in [4.78, 5) is 0. The highest BCUT2D eigenvalue weighted by molar-refractivity contribution is 6.47. The van der Waals surface area contributed by atoms with Crippen molar-refractivity contribution in [2.24, 2.45) is 23.0 Å². The van der Waals surface area contributed by atoms with Gasteiger partial charge in [0, 0.05) is 5.94 Å². The van der Waals surface area contributed by atoms with Gasteiger partial charge in [0.2, 0.25) is 0 Å². The molecule has 1 aromatic rings. The fraction of sp³-hybridized carbons (Fsp3) is 0.684. The van der Waals surface area contributed by atoms with E-state index in [1.165, 1.54) is 12.0 Å². The number of hydrogen-bond donors (Lipinski definition) is 1. The molecule has 4 aliphatic rings. The molecule has 3 saturated carbocycles. The fourth-order valence-corrected chi connectivity index (χ4v) is 5.20. The quantitative estimate of drug-likeness (QED) is 0.844. The summed E-state index contributed by atoms with van der Waals surface area (Å²) in [5, 5.41) is 0. The molecule has 5 heteroatoms. The van der Waals surface area contributed by atoms with E-state index in [9.17, 15) is 0 Å². The Balaban J connectivity index is 0.00000169. The van der Waals surface area contributed by atoms with Crippen molar-refractivity contribution in [3.8, 4) is 0 Å². The summed E-state index contributed by atoms with van der Waals surface area (Å²) in [5.74, 6) is 1.33. The molecule has 3 aliphatic carbocycles. The topological polar surface area (TPSA) is 44.5 Å². The van der Waals surface area contributed by atoms with Crippen molar-refractivity contribution in [1.82, 2.24) is 0 Å². The van der Waals surface area contributed by atoms with Crippen LogP contribution in [0.3, 0.4) is 0 Å². The van der Waals surface area contributed by atoms with Crippen molar-refractivity contribution in [2.45, 2.75) is 64.1 Å². The molecule has 1 heterocycles. The third-order valence-corrected chi connectivity index (χ3v) is 6.93. The van der Waals surface area contributed by atoms with Crippen molar-refractivity contribution in [3.05, 3.63) is 35.9 Å². The summed E-state index contributed by atoms with van der Waals surface area (Å²) in [7, 11) is -0.246. The molecular weight excluding hydrogens is 320 g/mol. The van der Waals surface area contributed by atoms with Crippen LogP contribution < -0.4 is 5.73 Å². The third kappa shape index (κ3) is 2.72. The highest BCUT2D eigenvalue weighted by Gasteiger charge is 2.68. The zero-order chi connectivity index (χ0) is 16.2. The van der Waals surface area contributed by atoms with Crippen LogP contribution in [0, 0.1) is 17.3 Å². The van der Waals surface area contributed by atoms with E-state index in [1.807, 2.05) is 6.07 Å². The highest BCUT2D eigenvalue weighted by Crippen LogP contribution is 2.65. The van der Waals surface area contributed by atoms with E-state index in [1.54, 1.807) is 0 Å². The van der Waals surface area contributed by atoms with Crippen molar-refractivity contribution in [3.63, 3.8) is 0 Å². The lowest BCUT2D eigenvalue weighted by atomic mass is 9.43. The van der Waals surface area contributed by atoms with Gasteiger partial charge in [0.05, 0.1) is 11.7 Å². The molecule has 5 atom stereocenters. The Morgan fingerprint density at radius 3 is 2.58 bits per heavy atom. The zero-order valence-corrected chi connectivity index (χ0v) is 15.7. The first kappa shape index (κ1) is 18.3. The van der Waals surface area contributed by atoms with Gasteiger partial charge in [0.25, 0.3) is 0 Å². The fourth-order valence-electron chi connectivity index (χ4n) is 5.20. The van der Waals surface area contributed by atoms with Crippen LogP contribution in [0.2, 0.25) is 0 Å². The number of hydrogen-bond acceptors (Lipinski definition) is 3. The first-order valence-corrected chi connectivity index (χ1v) is 9.04. The van der Waals surface area contributed by atoms with Gasteiger partial charge in [-0.2, -0.15) is 0 Å². The average molecular weight is 350 g/mol. The minimum Gasteiger partial charge on any atom is -0.404 e. The summed E-state index contributed by atoms with van der Waals surface area (Å²) < 4.78 is 12.7. The van der Waals surface area contributed by atoms with Gasteiger partial charge in [0.1, 0.15) is 0 Å². The first-order valence-electron chi connectivity index (χ1n) is 9.04. The van der Waals surface area contributed by atoms with E-state index < -0.39 is 0 Å². The van der Waals surface area contributed by atoms with E-state index in [-0.39, 0.29) is 37.2 Å². The van der Waals surface area contributed by atoms with E-state index in [0.717, 1.165) is 25.2 Å². The number of aryl methyl sites for hydroxylation is 1. The number of nitrogens with two attached hydrogens (primary N) is 1. The molecule has 24 heavy (non-hydrogen) atoms. The molecule has 132 valence electrons. The van der Waals surface area contributed by atoms with Crippen molar-refractivity contribution < 1.29 is 9.31 Å². The lowest BCUT2D eigenvalue weighted by Crippen LogP contribution is -2.65. The van der Waals surface area contributed by atoms with Gasteiger partial charge in [0.15, 0.2) is 0 Å². The molecule has 2 bridgehead atoms. The second kappa shape index (κ2) is 6.32. The predicted octanol–water partition coefficient (Wildman–Crippen LogP) is 3.64. The smallest absolute Gasteiger partial charge is 0.404 e. The zero-order valence-electron chi connectivity index (χ0n) is 14.9. The maximum atomic E-state index is 6.44. The van der Waals surface area contributed by atoms with Crippen molar-refractivity contribution >= 4 is 19.5 Å². The number of halogens is 1. The second-order valence-electron chi connectivity index (χ2n) is 8.53. The Kier molecular flexibility index (Phi) is 4.80. The Bertz CT molecular complexity index is 584. The maximum Gasteiger partial charge on any atom is 0.475 e. The predicted molar refractivity (Wildman–Crippen MR) is 100 cm³/mol. The Morgan fingerprint density at radius 2 is 1.92 bits per heavy atom. The monoisotopic (exact) mass is 349 g/mol. The van der Waals surface area contributed by atoms with Crippen LogP contribution in [0.1, 0.15) is 45.6 Å². The van der Waals surface area contributed by atoms with Gasteiger partial charge in [-0.3, -0.25) is 0 Å². The van der Waals surface area contributed by atoms with Crippen LogP contribution in [0.15, 0.2) is 30.3 Å². The van der Waals surface area contributed by atoms with Gasteiger partial charge in [-0.15, -0.1) is 12.4 Å². The molecule has 0 radical (unpaired) electrons. The minimum absolute atomic E-state index is 0. The van der Waals surface area contributed by atoms with E-state index >= 15 is 0 Å². The molecule has 2 N–H and O–H groups in total. The summed E-state index contributed by atoms with van der Waals surface area (Å²) in [5.41, 5.74) is 7.98. The average Bonchev–Trinajstić information content (AvgIpc) is 2.90. The van der Waals surface area contributed by atoms with Gasteiger partial charge in [-0.1, -0.05) is 44.2 Å². The van der Waals surface area contributed by atoms with Crippen LogP contribution in [-0.4, -0.2) is 24.8 Å². The highest BCUT2D eigenvalue weighted by atomic mass is 35.5. The number of rotatable bonds is 4. The van der Waals surface area contributed by atoms with Crippen LogP contribution in [-0.2, 0) is 15.7 Å². The van der Waals surface area contributed by atoms with Gasteiger partial charge < -0.3 is 15.0 Å². The van der Waals surface area contributed by atoms with Crippen LogP contribution in [0.25, 0.3) is 0 Å². The minimum atomic E-state index is -0.246. The summed E-state index contributed by atoms with van der Waals surface area (Å²) in [6.07, 6.45) is 4.52. The second-order valence-corrected chi connectivity index (χ2v) is 8.53. The van der Waals surface area contributed by atoms with E-state index in [2.05, 4.69) is 45.0 Å². The number of benzene rings is 1. The molecule has 1 aromatic carbocycles. The maximum absolute atomic E-state index is 6.44.